The van der Waals surface area contributed by atoms with Gasteiger partial charge in [0.2, 0.25) is 0 Å². The number of imidazole rings is 1. The molecule has 0 saturated heterocycles. The number of carbonyl (C=O) groups excluding carboxylic acids is 1. The molecule has 0 bridgehead atoms. The van der Waals surface area contributed by atoms with Gasteiger partial charge in [0.1, 0.15) is 0 Å². The van der Waals surface area contributed by atoms with Crippen LogP contribution < -0.4 is 44.5 Å². The van der Waals surface area contributed by atoms with Crippen molar-refractivity contribution in [1.82, 2.24) is 9.72 Å². The van der Waals surface area contributed by atoms with Gasteiger partial charge in [0.15, 0.2) is 22.2 Å². The number of rotatable bonds is 5. The van der Waals surface area contributed by atoms with Gasteiger partial charge in [-0.3, -0.25) is 4.79 Å². The number of hydrogen-bond donors (Lipinski definition) is 2. The zero-order valence-corrected chi connectivity index (χ0v) is 23.3. The molecule has 0 spiro atoms. The molecule has 0 unspecified atom stereocenters. The average molecular weight is 610 g/mol. The van der Waals surface area contributed by atoms with E-state index in [1.807, 2.05) is 78.9 Å². The molecule has 4 aromatic carbocycles. The van der Waals surface area contributed by atoms with Crippen LogP contribution in [0.5, 0.6) is 0 Å². The molecule has 0 aliphatic carbocycles. The minimum atomic E-state index is -0.175. The normalized spacial score (nSPS) is 11.7. The summed E-state index contributed by atoms with van der Waals surface area (Å²) in [5, 5.41) is 7.67. The molecule has 6 heteroatoms. The standard InChI is InChI=1S/C32H26N4O.HI/c1-22-28(23-14-6-3-7-15-23)29(36-27-21-13-12-20-26(27)35(2)32(22)36)30(33-25-18-10-5-11-19-25)34-31(37)24-16-8-4-9-17-24;/h3-21H,1-2H3,(H,33,34,37);1H. The van der Waals surface area contributed by atoms with E-state index in [1.54, 1.807) is 0 Å². The predicted molar refractivity (Wildman–Crippen MR) is 149 cm³/mol. The summed E-state index contributed by atoms with van der Waals surface area (Å²) in [6, 6.07) is 37.9. The van der Waals surface area contributed by atoms with Crippen LogP contribution in [0.1, 0.15) is 15.9 Å². The van der Waals surface area contributed by atoms with Gasteiger partial charge in [0.25, 0.3) is 11.6 Å². The maximum Gasteiger partial charge on any atom is 0.291 e. The van der Waals surface area contributed by atoms with Gasteiger partial charge in [-0.25, -0.2) is 4.57 Å². The number of hydrogen-bond acceptors (Lipinski definition) is 2. The molecule has 2 aromatic heterocycles. The van der Waals surface area contributed by atoms with Crippen LogP contribution in [0, 0.1) is 6.92 Å². The van der Waals surface area contributed by atoms with Crippen molar-refractivity contribution in [3.05, 3.63) is 132 Å². The highest BCUT2D eigenvalue weighted by Gasteiger charge is 2.29. The van der Waals surface area contributed by atoms with Crippen LogP contribution in [0.4, 0.5) is 5.69 Å². The maximum absolute atomic E-state index is 13.5. The van der Waals surface area contributed by atoms with E-state index < -0.39 is 0 Å². The highest BCUT2D eigenvalue weighted by molar-refractivity contribution is 5.99. The first-order valence-electron chi connectivity index (χ1n) is 12.3. The molecule has 1 amide bonds. The second-order valence-electron chi connectivity index (χ2n) is 9.11. The van der Waals surface area contributed by atoms with Gasteiger partial charge < -0.3 is 34.6 Å². The van der Waals surface area contributed by atoms with Crippen molar-refractivity contribution < 1.29 is 33.3 Å². The number of anilines is 1. The number of fused-ring (bicyclic) bond motifs is 3. The molecular formula is C32H27IN4O. The quantitative estimate of drug-likeness (QED) is 0.233. The van der Waals surface area contributed by atoms with E-state index in [1.165, 1.54) is 0 Å². The van der Waals surface area contributed by atoms with Gasteiger partial charge in [-0.2, -0.15) is 4.40 Å². The first-order valence-corrected chi connectivity index (χ1v) is 12.3. The van der Waals surface area contributed by atoms with Crippen molar-refractivity contribution >= 4 is 34.1 Å². The molecule has 188 valence electrons. The number of nitrogens with one attached hydrogen (secondary N) is 2. The molecule has 5 nitrogen and oxygen atoms in total. The van der Waals surface area contributed by atoms with Gasteiger partial charge in [-0.05, 0) is 48.9 Å². The lowest BCUT2D eigenvalue weighted by molar-refractivity contribution is -0.618. The number of nitrogens with zero attached hydrogens (tertiary/aromatic N) is 2. The minimum Gasteiger partial charge on any atom is -1.00 e. The van der Waals surface area contributed by atoms with Crippen molar-refractivity contribution in [3.63, 3.8) is 0 Å². The summed E-state index contributed by atoms with van der Waals surface area (Å²) in [4.78, 5) is 13.5. The summed E-state index contributed by atoms with van der Waals surface area (Å²) < 4.78 is 4.48. The van der Waals surface area contributed by atoms with Crippen LogP contribution in [-0.4, -0.2) is 10.3 Å². The predicted octanol–water partition coefficient (Wildman–Crippen LogP) is 2.22. The number of para-hydroxylation sites is 3. The van der Waals surface area contributed by atoms with Gasteiger partial charge in [0.05, 0.1) is 12.6 Å². The molecule has 2 heterocycles. The zero-order chi connectivity index (χ0) is 25.4. The SMILES string of the molecule is Cc1c(-c2ccccc2)/c(=C(/NC(=O)c2ccccc2)Nc2ccccc2)n2c3ccccc3[n+](C)c12.[I-]. The van der Waals surface area contributed by atoms with Crippen molar-refractivity contribution in [2.45, 2.75) is 6.92 Å². The lowest BCUT2D eigenvalue weighted by atomic mass is 10.0. The summed E-state index contributed by atoms with van der Waals surface area (Å²) in [7, 11) is 2.09. The van der Waals surface area contributed by atoms with Crippen LogP contribution in [0.3, 0.4) is 0 Å². The third-order valence-corrected chi connectivity index (χ3v) is 6.80. The van der Waals surface area contributed by atoms with E-state index in [2.05, 4.69) is 70.0 Å². The van der Waals surface area contributed by atoms with Crippen LogP contribution in [0.25, 0.3) is 33.6 Å². The first-order chi connectivity index (χ1) is 18.1. The van der Waals surface area contributed by atoms with E-state index in [-0.39, 0.29) is 29.9 Å². The number of amides is 1. The van der Waals surface area contributed by atoms with Crippen molar-refractivity contribution in [3.8, 4) is 11.1 Å². The lowest BCUT2D eigenvalue weighted by Gasteiger charge is -2.13. The average Bonchev–Trinajstić information content (AvgIpc) is 3.42. The Balaban J connectivity index is 0.00000294. The van der Waals surface area contributed by atoms with Crippen LogP contribution >= 0.6 is 0 Å². The number of aryl methyl sites for hydroxylation is 2. The topological polar surface area (TPSA) is 49.4 Å². The van der Waals surface area contributed by atoms with Crippen molar-refractivity contribution in [2.24, 2.45) is 7.05 Å². The molecule has 6 rings (SSSR count). The maximum atomic E-state index is 13.5. The number of aromatic nitrogens is 2. The Kier molecular flexibility index (Phi) is 7.15. The van der Waals surface area contributed by atoms with E-state index in [9.17, 15) is 4.79 Å². The van der Waals surface area contributed by atoms with Gasteiger partial charge in [-0.1, -0.05) is 78.9 Å². The summed E-state index contributed by atoms with van der Waals surface area (Å²) in [6.45, 7) is 2.15. The van der Waals surface area contributed by atoms with Crippen LogP contribution in [0.2, 0.25) is 0 Å². The Labute approximate surface area is 238 Å². The summed E-state index contributed by atoms with van der Waals surface area (Å²) >= 11 is 0. The fourth-order valence-corrected chi connectivity index (χ4v) is 5.15. The minimum absolute atomic E-state index is 0. The Morgan fingerprint density at radius 3 is 2.03 bits per heavy atom. The van der Waals surface area contributed by atoms with Crippen LogP contribution in [-0.2, 0) is 7.05 Å². The largest absolute Gasteiger partial charge is 1.00 e. The summed E-state index contributed by atoms with van der Waals surface area (Å²) in [5.41, 5.74) is 8.05. The molecule has 38 heavy (non-hydrogen) atoms. The van der Waals surface area contributed by atoms with Crippen LogP contribution in [0.15, 0.2) is 115 Å². The van der Waals surface area contributed by atoms with E-state index in [0.717, 1.165) is 44.4 Å². The third kappa shape index (κ3) is 4.41. The first kappa shape index (κ1) is 25.5. The van der Waals surface area contributed by atoms with E-state index >= 15 is 0 Å². The smallest absolute Gasteiger partial charge is 0.291 e. The van der Waals surface area contributed by atoms with E-state index in [4.69, 9.17) is 0 Å². The van der Waals surface area contributed by atoms with Crippen molar-refractivity contribution in [2.75, 3.05) is 5.32 Å². The molecule has 0 aliphatic heterocycles. The van der Waals surface area contributed by atoms with Gasteiger partial charge >= 0.3 is 0 Å². The monoisotopic (exact) mass is 610 g/mol. The molecule has 6 aromatic rings. The Morgan fingerprint density at radius 1 is 0.763 bits per heavy atom. The molecule has 2 N–H and O–H groups in total. The number of carbonyl (C=O) groups is 1. The highest BCUT2D eigenvalue weighted by Crippen LogP contribution is 2.27. The highest BCUT2D eigenvalue weighted by atomic mass is 127. The molecule has 0 atom stereocenters. The third-order valence-electron chi connectivity index (χ3n) is 6.80. The molecule has 0 fully saturated rings. The van der Waals surface area contributed by atoms with Crippen molar-refractivity contribution in [1.29, 1.82) is 0 Å². The Bertz CT molecular complexity index is 1800. The van der Waals surface area contributed by atoms with Gasteiger partial charge in [0, 0.05) is 16.8 Å². The Hall–Kier alpha value is -4.17. The van der Waals surface area contributed by atoms with Gasteiger partial charge in [-0.15, -0.1) is 0 Å². The van der Waals surface area contributed by atoms with E-state index in [0.29, 0.717) is 11.4 Å². The zero-order valence-electron chi connectivity index (χ0n) is 21.2. The summed E-state index contributed by atoms with van der Waals surface area (Å²) in [5.74, 6) is 0.448. The second kappa shape index (κ2) is 10.7. The fraction of sp³-hybridized carbons (Fsp3) is 0.0625. The molecular weight excluding hydrogens is 583 g/mol. The number of benzene rings is 4. The molecule has 0 aliphatic rings. The fourth-order valence-electron chi connectivity index (χ4n) is 5.15. The molecule has 0 saturated carbocycles. The Morgan fingerprint density at radius 2 is 1.34 bits per heavy atom. The number of halogens is 1. The second-order valence-corrected chi connectivity index (χ2v) is 9.11. The lowest BCUT2D eigenvalue weighted by Crippen LogP contribution is -3.00. The summed E-state index contributed by atoms with van der Waals surface area (Å²) in [6.07, 6.45) is 0. The molecule has 0 radical (unpaired) electrons.